The van der Waals surface area contributed by atoms with E-state index in [1.54, 1.807) is 6.92 Å². The van der Waals surface area contributed by atoms with E-state index in [1.165, 1.54) is 12.1 Å². The van der Waals surface area contributed by atoms with Gasteiger partial charge in [-0.1, -0.05) is 0 Å². The summed E-state index contributed by atoms with van der Waals surface area (Å²) in [6, 6.07) is 3.73. The molecule has 0 bridgehead atoms. The first-order valence-electron chi connectivity index (χ1n) is 3.68. The van der Waals surface area contributed by atoms with Crippen LogP contribution < -0.4 is 5.14 Å². The molecule has 0 spiro atoms. The lowest BCUT2D eigenvalue weighted by Crippen LogP contribution is -2.13. The summed E-state index contributed by atoms with van der Waals surface area (Å²) in [6.45, 7) is 1.60. The SMILES string of the molecule is Cc1cc(C(=O)O)cc(S(N)(=O)=O)c1. The molecular formula is C8H9NO4S. The quantitative estimate of drug-likeness (QED) is 0.743. The molecule has 0 atom stereocenters. The molecule has 3 N–H and O–H groups in total. The van der Waals surface area contributed by atoms with Crippen LogP contribution in [0.3, 0.4) is 0 Å². The first-order chi connectivity index (χ1) is 6.30. The number of hydrogen-bond acceptors (Lipinski definition) is 3. The third-order valence-corrected chi connectivity index (χ3v) is 2.52. The number of nitrogens with two attached hydrogens (primary N) is 1. The van der Waals surface area contributed by atoms with Crippen LogP contribution in [0.2, 0.25) is 0 Å². The van der Waals surface area contributed by atoms with Gasteiger partial charge in [0.05, 0.1) is 10.5 Å². The second kappa shape index (κ2) is 3.39. The normalized spacial score (nSPS) is 11.3. The van der Waals surface area contributed by atoms with Crippen molar-refractivity contribution in [1.29, 1.82) is 0 Å². The maximum Gasteiger partial charge on any atom is 0.335 e. The van der Waals surface area contributed by atoms with Gasteiger partial charge in [-0.25, -0.2) is 18.4 Å². The van der Waals surface area contributed by atoms with Crippen LogP contribution in [0.4, 0.5) is 0 Å². The smallest absolute Gasteiger partial charge is 0.335 e. The van der Waals surface area contributed by atoms with Crippen LogP contribution in [0, 0.1) is 6.92 Å². The number of carbonyl (C=O) groups is 1. The van der Waals surface area contributed by atoms with Crippen molar-refractivity contribution in [3.63, 3.8) is 0 Å². The Morgan fingerprint density at radius 2 is 1.93 bits per heavy atom. The lowest BCUT2D eigenvalue weighted by molar-refractivity contribution is 0.0696. The van der Waals surface area contributed by atoms with Gasteiger partial charge in [0, 0.05) is 0 Å². The molecule has 1 aromatic rings. The zero-order chi connectivity index (χ0) is 10.9. The summed E-state index contributed by atoms with van der Waals surface area (Å²) < 4.78 is 21.9. The summed E-state index contributed by atoms with van der Waals surface area (Å²) >= 11 is 0. The van der Waals surface area contributed by atoms with Crippen LogP contribution in [-0.4, -0.2) is 19.5 Å². The van der Waals surface area contributed by atoms with Gasteiger partial charge in [0.25, 0.3) is 0 Å². The fraction of sp³-hybridized carbons (Fsp3) is 0.125. The summed E-state index contributed by atoms with van der Waals surface area (Å²) in [4.78, 5) is 10.4. The maximum atomic E-state index is 10.9. The fourth-order valence-corrected chi connectivity index (χ4v) is 1.68. The fourth-order valence-electron chi connectivity index (χ4n) is 1.04. The molecule has 6 heteroatoms. The summed E-state index contributed by atoms with van der Waals surface area (Å²) in [6.07, 6.45) is 0. The summed E-state index contributed by atoms with van der Waals surface area (Å²) in [5.41, 5.74) is 0.447. The highest BCUT2D eigenvalue weighted by atomic mass is 32.2. The molecule has 0 amide bonds. The van der Waals surface area contributed by atoms with E-state index in [1.807, 2.05) is 0 Å². The van der Waals surface area contributed by atoms with Crippen molar-refractivity contribution in [3.05, 3.63) is 29.3 Å². The molecule has 0 saturated carbocycles. The number of primary sulfonamides is 1. The van der Waals surface area contributed by atoms with Crippen LogP contribution in [-0.2, 0) is 10.0 Å². The first kappa shape index (κ1) is 10.7. The van der Waals surface area contributed by atoms with E-state index in [-0.39, 0.29) is 10.5 Å². The van der Waals surface area contributed by atoms with Crippen molar-refractivity contribution < 1.29 is 18.3 Å². The summed E-state index contributed by atoms with van der Waals surface area (Å²) in [7, 11) is -3.84. The van der Waals surface area contributed by atoms with Crippen LogP contribution >= 0.6 is 0 Å². The predicted octanol–water partition coefficient (Wildman–Crippen LogP) is 0.341. The van der Waals surface area contributed by atoms with Crippen molar-refractivity contribution >= 4 is 16.0 Å². The third-order valence-electron chi connectivity index (χ3n) is 1.63. The van der Waals surface area contributed by atoms with Crippen molar-refractivity contribution in [2.24, 2.45) is 5.14 Å². The zero-order valence-corrected chi connectivity index (χ0v) is 8.21. The Labute approximate surface area is 81.2 Å². The number of benzene rings is 1. The van der Waals surface area contributed by atoms with Gasteiger partial charge in [-0.15, -0.1) is 0 Å². The molecule has 1 rings (SSSR count). The third kappa shape index (κ3) is 2.30. The molecule has 0 aliphatic heterocycles. The van der Waals surface area contributed by atoms with Gasteiger partial charge in [0.15, 0.2) is 0 Å². The summed E-state index contributed by atoms with van der Waals surface area (Å²) in [5, 5.41) is 13.5. The van der Waals surface area contributed by atoms with E-state index < -0.39 is 16.0 Å². The molecular weight excluding hydrogens is 206 g/mol. The van der Waals surface area contributed by atoms with Gasteiger partial charge in [-0.3, -0.25) is 0 Å². The Balaban J connectivity index is 3.43. The first-order valence-corrected chi connectivity index (χ1v) is 5.23. The van der Waals surface area contributed by atoms with Gasteiger partial charge in [-0.05, 0) is 30.7 Å². The summed E-state index contributed by atoms with van der Waals surface area (Å²) in [5.74, 6) is -1.18. The van der Waals surface area contributed by atoms with Gasteiger partial charge < -0.3 is 5.11 Å². The largest absolute Gasteiger partial charge is 0.478 e. The van der Waals surface area contributed by atoms with Crippen molar-refractivity contribution in [2.45, 2.75) is 11.8 Å². The molecule has 5 nitrogen and oxygen atoms in total. The molecule has 0 aliphatic rings. The standard InChI is InChI=1S/C8H9NO4S/c1-5-2-6(8(10)11)4-7(3-5)14(9,12)13/h2-4H,1H3,(H,10,11)(H2,9,12,13). The molecule has 14 heavy (non-hydrogen) atoms. The molecule has 0 aliphatic carbocycles. The van der Waals surface area contributed by atoms with Crippen molar-refractivity contribution in [3.8, 4) is 0 Å². The molecule has 0 saturated heterocycles. The van der Waals surface area contributed by atoms with E-state index >= 15 is 0 Å². The number of aryl methyl sites for hydroxylation is 1. The second-order valence-electron chi connectivity index (χ2n) is 2.88. The predicted molar refractivity (Wildman–Crippen MR) is 49.5 cm³/mol. The minimum Gasteiger partial charge on any atom is -0.478 e. The Morgan fingerprint density at radius 3 is 2.36 bits per heavy atom. The average molecular weight is 215 g/mol. The zero-order valence-electron chi connectivity index (χ0n) is 7.39. The van der Waals surface area contributed by atoms with E-state index in [0.29, 0.717) is 5.56 Å². The van der Waals surface area contributed by atoms with Crippen molar-refractivity contribution in [1.82, 2.24) is 0 Å². The maximum absolute atomic E-state index is 10.9. The molecule has 0 unspecified atom stereocenters. The van der Waals surface area contributed by atoms with Gasteiger partial charge >= 0.3 is 5.97 Å². The number of carboxylic acid groups (broad SMARTS) is 1. The van der Waals surface area contributed by atoms with Crippen LogP contribution in [0.25, 0.3) is 0 Å². The minimum atomic E-state index is -3.84. The highest BCUT2D eigenvalue weighted by Gasteiger charge is 2.12. The lowest BCUT2D eigenvalue weighted by atomic mass is 10.1. The van der Waals surface area contributed by atoms with Gasteiger partial charge in [0.2, 0.25) is 10.0 Å². The highest BCUT2D eigenvalue weighted by Crippen LogP contribution is 2.13. The minimum absolute atomic E-state index is 0.0889. The molecule has 0 heterocycles. The van der Waals surface area contributed by atoms with Crippen LogP contribution in [0.15, 0.2) is 23.1 Å². The lowest BCUT2D eigenvalue weighted by Gasteiger charge is -2.02. The van der Waals surface area contributed by atoms with E-state index in [9.17, 15) is 13.2 Å². The van der Waals surface area contributed by atoms with E-state index in [2.05, 4.69) is 0 Å². The Hall–Kier alpha value is -1.40. The van der Waals surface area contributed by atoms with E-state index in [0.717, 1.165) is 6.07 Å². The van der Waals surface area contributed by atoms with Crippen LogP contribution in [0.1, 0.15) is 15.9 Å². The molecule has 0 radical (unpaired) electrons. The number of sulfonamides is 1. The highest BCUT2D eigenvalue weighted by molar-refractivity contribution is 7.89. The van der Waals surface area contributed by atoms with Crippen LogP contribution in [0.5, 0.6) is 0 Å². The Kier molecular flexibility index (Phi) is 2.59. The van der Waals surface area contributed by atoms with E-state index in [4.69, 9.17) is 10.2 Å². The average Bonchev–Trinajstić information content (AvgIpc) is 2.01. The molecule has 76 valence electrons. The number of rotatable bonds is 2. The molecule has 0 aromatic heterocycles. The Bertz CT molecular complexity index is 478. The Morgan fingerprint density at radius 1 is 1.36 bits per heavy atom. The van der Waals surface area contributed by atoms with Gasteiger partial charge in [0.1, 0.15) is 0 Å². The molecule has 1 aromatic carbocycles. The molecule has 0 fully saturated rings. The van der Waals surface area contributed by atoms with Gasteiger partial charge in [-0.2, -0.15) is 0 Å². The second-order valence-corrected chi connectivity index (χ2v) is 4.45. The van der Waals surface area contributed by atoms with Crippen molar-refractivity contribution in [2.75, 3.05) is 0 Å². The monoisotopic (exact) mass is 215 g/mol. The number of aromatic carboxylic acids is 1. The number of carboxylic acids is 1. The topological polar surface area (TPSA) is 97.5 Å². The number of hydrogen-bond donors (Lipinski definition) is 2.